The number of aromatic nitrogens is 1. The lowest BCUT2D eigenvalue weighted by Gasteiger charge is -2.15. The quantitative estimate of drug-likeness (QED) is 0.561. The van der Waals surface area contributed by atoms with Crippen molar-refractivity contribution in [2.24, 2.45) is 0 Å². The predicted molar refractivity (Wildman–Crippen MR) is 117 cm³/mol. The minimum atomic E-state index is -1.09. The van der Waals surface area contributed by atoms with Crippen molar-refractivity contribution in [2.45, 2.75) is 13.5 Å². The second kappa shape index (κ2) is 8.99. The summed E-state index contributed by atoms with van der Waals surface area (Å²) in [6.45, 7) is 1.38. The Labute approximate surface area is 187 Å². The number of amides is 3. The highest BCUT2D eigenvalue weighted by molar-refractivity contribution is 6.36. The number of pyridine rings is 1. The number of nitrogens with zero attached hydrogens (tertiary/aromatic N) is 2. The van der Waals surface area contributed by atoms with Gasteiger partial charge in [0, 0.05) is 36.8 Å². The number of imide groups is 1. The second-order valence-electron chi connectivity index (χ2n) is 7.31. The highest BCUT2D eigenvalue weighted by Crippen LogP contribution is 2.32. The first-order chi connectivity index (χ1) is 15.8. The standard InChI is InChI=1S/C24H18F2N4O3/c1-14(31)28-17-4-2-16(3-5-17)21-22(29-18-6-7-19(25)20(26)12-18)24(33)30(23(21)32)13-15-8-10-27-11-9-15/h2-12,29H,13H2,1H3,(H,28,31). The molecule has 0 bridgehead atoms. The summed E-state index contributed by atoms with van der Waals surface area (Å²) in [4.78, 5) is 42.8. The van der Waals surface area contributed by atoms with Crippen molar-refractivity contribution in [3.05, 3.63) is 95.4 Å². The Morgan fingerprint density at radius 3 is 2.21 bits per heavy atom. The van der Waals surface area contributed by atoms with Gasteiger partial charge in [0.2, 0.25) is 5.91 Å². The smallest absolute Gasteiger partial charge is 0.278 e. The minimum Gasteiger partial charge on any atom is -0.350 e. The van der Waals surface area contributed by atoms with Crippen molar-refractivity contribution in [3.8, 4) is 0 Å². The Balaban J connectivity index is 1.73. The average Bonchev–Trinajstić information content (AvgIpc) is 3.01. The lowest BCUT2D eigenvalue weighted by Crippen LogP contribution is -2.32. The van der Waals surface area contributed by atoms with Crippen LogP contribution in [0.4, 0.5) is 20.2 Å². The molecule has 2 aromatic carbocycles. The number of benzene rings is 2. The second-order valence-corrected chi connectivity index (χ2v) is 7.31. The van der Waals surface area contributed by atoms with Crippen LogP contribution in [0.15, 0.2) is 72.7 Å². The normalized spacial score (nSPS) is 13.5. The zero-order valence-corrected chi connectivity index (χ0v) is 17.4. The summed E-state index contributed by atoms with van der Waals surface area (Å²) >= 11 is 0. The molecule has 0 unspecified atom stereocenters. The topological polar surface area (TPSA) is 91.4 Å². The number of nitrogens with one attached hydrogen (secondary N) is 2. The van der Waals surface area contributed by atoms with E-state index in [2.05, 4.69) is 15.6 Å². The molecule has 2 N–H and O–H groups in total. The van der Waals surface area contributed by atoms with Crippen LogP contribution in [0.25, 0.3) is 5.57 Å². The molecule has 0 aliphatic carbocycles. The zero-order valence-electron chi connectivity index (χ0n) is 17.4. The number of carbonyl (C=O) groups excluding carboxylic acids is 3. The van der Waals surface area contributed by atoms with Gasteiger partial charge in [-0.25, -0.2) is 8.78 Å². The van der Waals surface area contributed by atoms with E-state index in [0.717, 1.165) is 17.0 Å². The molecule has 4 rings (SSSR count). The van der Waals surface area contributed by atoms with E-state index in [1.807, 2.05) is 0 Å². The van der Waals surface area contributed by atoms with Crippen LogP contribution < -0.4 is 10.6 Å². The van der Waals surface area contributed by atoms with Gasteiger partial charge in [-0.3, -0.25) is 24.3 Å². The lowest BCUT2D eigenvalue weighted by molar-refractivity contribution is -0.137. The third-order valence-corrected chi connectivity index (χ3v) is 4.94. The maximum Gasteiger partial charge on any atom is 0.278 e. The van der Waals surface area contributed by atoms with Gasteiger partial charge in [0.25, 0.3) is 11.8 Å². The molecular formula is C24H18F2N4O3. The predicted octanol–water partition coefficient (Wildman–Crippen LogP) is 3.71. The molecule has 0 saturated heterocycles. The molecule has 0 atom stereocenters. The van der Waals surface area contributed by atoms with E-state index >= 15 is 0 Å². The Kier molecular flexibility index (Phi) is 5.95. The van der Waals surface area contributed by atoms with Crippen molar-refractivity contribution in [2.75, 3.05) is 10.6 Å². The molecular weight excluding hydrogens is 430 g/mol. The number of hydrogen-bond acceptors (Lipinski definition) is 5. The number of halogens is 2. The fourth-order valence-electron chi connectivity index (χ4n) is 3.42. The first-order valence-corrected chi connectivity index (χ1v) is 9.93. The van der Waals surface area contributed by atoms with Crippen molar-refractivity contribution < 1.29 is 23.2 Å². The highest BCUT2D eigenvalue weighted by atomic mass is 19.2. The van der Waals surface area contributed by atoms with E-state index in [4.69, 9.17) is 0 Å². The van der Waals surface area contributed by atoms with Gasteiger partial charge in [0.15, 0.2) is 11.6 Å². The summed E-state index contributed by atoms with van der Waals surface area (Å²) in [6.07, 6.45) is 3.10. The van der Waals surface area contributed by atoms with Crippen LogP contribution in [0.5, 0.6) is 0 Å². The summed E-state index contributed by atoms with van der Waals surface area (Å²) in [7, 11) is 0. The largest absolute Gasteiger partial charge is 0.350 e. The van der Waals surface area contributed by atoms with Gasteiger partial charge in [-0.1, -0.05) is 12.1 Å². The number of carbonyl (C=O) groups is 3. The fourth-order valence-corrected chi connectivity index (χ4v) is 3.42. The Morgan fingerprint density at radius 1 is 0.909 bits per heavy atom. The molecule has 3 aromatic rings. The summed E-state index contributed by atoms with van der Waals surface area (Å²) in [5.41, 5.74) is 1.77. The zero-order chi connectivity index (χ0) is 23.5. The summed E-state index contributed by atoms with van der Waals surface area (Å²) in [6, 6.07) is 12.9. The molecule has 2 heterocycles. The summed E-state index contributed by atoms with van der Waals surface area (Å²) < 4.78 is 27.1. The molecule has 0 fully saturated rings. The van der Waals surface area contributed by atoms with Crippen LogP contribution >= 0.6 is 0 Å². The average molecular weight is 448 g/mol. The third-order valence-electron chi connectivity index (χ3n) is 4.94. The first kappa shape index (κ1) is 21.8. The van der Waals surface area contributed by atoms with Gasteiger partial charge >= 0.3 is 0 Å². The first-order valence-electron chi connectivity index (χ1n) is 9.93. The molecule has 1 aliphatic heterocycles. The highest BCUT2D eigenvalue weighted by Gasteiger charge is 2.39. The number of hydrogen-bond donors (Lipinski definition) is 2. The van der Waals surface area contributed by atoms with E-state index in [9.17, 15) is 23.2 Å². The van der Waals surface area contributed by atoms with E-state index in [1.54, 1.807) is 48.8 Å². The third kappa shape index (κ3) is 4.62. The maximum absolute atomic E-state index is 13.7. The Hall–Kier alpha value is -4.40. The van der Waals surface area contributed by atoms with Gasteiger partial charge in [-0.15, -0.1) is 0 Å². The van der Waals surface area contributed by atoms with Crippen LogP contribution in [0.2, 0.25) is 0 Å². The van der Waals surface area contributed by atoms with E-state index < -0.39 is 23.4 Å². The van der Waals surface area contributed by atoms with Crippen molar-refractivity contribution in [1.29, 1.82) is 0 Å². The Morgan fingerprint density at radius 2 is 1.58 bits per heavy atom. The molecule has 1 aliphatic rings. The van der Waals surface area contributed by atoms with Gasteiger partial charge in [0.05, 0.1) is 12.1 Å². The SMILES string of the molecule is CC(=O)Nc1ccc(C2=C(Nc3ccc(F)c(F)c3)C(=O)N(Cc3ccncc3)C2=O)cc1. The van der Waals surface area contributed by atoms with Gasteiger partial charge in [-0.2, -0.15) is 0 Å². The van der Waals surface area contributed by atoms with Crippen LogP contribution in [-0.2, 0) is 20.9 Å². The molecule has 3 amide bonds. The molecule has 166 valence electrons. The molecule has 9 heteroatoms. The monoisotopic (exact) mass is 448 g/mol. The van der Waals surface area contributed by atoms with Gasteiger partial charge < -0.3 is 10.6 Å². The van der Waals surface area contributed by atoms with E-state index in [1.165, 1.54) is 13.0 Å². The van der Waals surface area contributed by atoms with Crippen molar-refractivity contribution in [1.82, 2.24) is 9.88 Å². The van der Waals surface area contributed by atoms with Crippen molar-refractivity contribution in [3.63, 3.8) is 0 Å². The maximum atomic E-state index is 13.7. The molecule has 7 nitrogen and oxygen atoms in total. The van der Waals surface area contributed by atoms with E-state index in [0.29, 0.717) is 16.8 Å². The Bertz CT molecular complexity index is 1270. The fraction of sp³-hybridized carbons (Fsp3) is 0.0833. The van der Waals surface area contributed by atoms with Gasteiger partial charge in [-0.05, 0) is 47.5 Å². The molecule has 1 aromatic heterocycles. The van der Waals surface area contributed by atoms with Crippen LogP contribution in [0, 0.1) is 11.6 Å². The van der Waals surface area contributed by atoms with E-state index in [-0.39, 0.29) is 29.4 Å². The lowest BCUT2D eigenvalue weighted by atomic mass is 10.0. The molecule has 0 radical (unpaired) electrons. The van der Waals surface area contributed by atoms with Crippen LogP contribution in [0.3, 0.4) is 0 Å². The molecule has 0 saturated carbocycles. The van der Waals surface area contributed by atoms with Crippen LogP contribution in [0.1, 0.15) is 18.1 Å². The molecule has 0 spiro atoms. The van der Waals surface area contributed by atoms with Crippen LogP contribution in [-0.4, -0.2) is 27.6 Å². The molecule has 33 heavy (non-hydrogen) atoms. The summed E-state index contributed by atoms with van der Waals surface area (Å²) in [5.74, 6) is -3.53. The number of rotatable bonds is 6. The summed E-state index contributed by atoms with van der Waals surface area (Å²) in [5, 5.41) is 5.41. The van der Waals surface area contributed by atoms with Crippen molar-refractivity contribution >= 4 is 34.7 Å². The number of anilines is 2. The van der Waals surface area contributed by atoms with Gasteiger partial charge in [0.1, 0.15) is 5.70 Å². The minimum absolute atomic E-state index is 0.0105.